The lowest BCUT2D eigenvalue weighted by molar-refractivity contribution is 0.489. The van der Waals surface area contributed by atoms with Crippen molar-refractivity contribution in [2.45, 2.75) is 39.0 Å². The van der Waals surface area contributed by atoms with Crippen LogP contribution in [0, 0.1) is 5.92 Å². The molecule has 1 heteroatoms. The molecule has 70 valence electrons. The zero-order valence-electron chi connectivity index (χ0n) is 8.18. The lowest BCUT2D eigenvalue weighted by atomic mass is 9.97. The van der Waals surface area contributed by atoms with Crippen LogP contribution in [0.3, 0.4) is 0 Å². The highest BCUT2D eigenvalue weighted by Crippen LogP contribution is 2.15. The van der Waals surface area contributed by atoms with Crippen LogP contribution < -0.4 is 5.32 Å². The molecule has 1 N–H and O–H groups in total. The minimum Gasteiger partial charge on any atom is -0.316 e. The van der Waals surface area contributed by atoms with Crippen molar-refractivity contribution in [1.29, 1.82) is 0 Å². The number of hydrogen-bond acceptors (Lipinski definition) is 1. The van der Waals surface area contributed by atoms with Gasteiger partial charge in [-0.15, -0.1) is 0 Å². The lowest BCUT2D eigenvalue weighted by Gasteiger charge is -2.14. The average Bonchev–Trinajstić information content (AvgIpc) is 2.02. The van der Waals surface area contributed by atoms with Gasteiger partial charge in [-0.25, -0.2) is 0 Å². The number of hydrogen-bond donors (Lipinski definition) is 1. The summed E-state index contributed by atoms with van der Waals surface area (Å²) in [6.45, 7) is 4.45. The van der Waals surface area contributed by atoms with Gasteiger partial charge < -0.3 is 5.32 Å². The summed E-state index contributed by atoms with van der Waals surface area (Å²) in [4.78, 5) is 0. The Morgan fingerprint density at radius 2 is 2.25 bits per heavy atom. The van der Waals surface area contributed by atoms with E-state index in [0.717, 1.165) is 12.5 Å². The maximum absolute atomic E-state index is 3.41. The zero-order valence-corrected chi connectivity index (χ0v) is 8.18. The normalized spacial score (nSPS) is 27.6. The van der Waals surface area contributed by atoms with Crippen LogP contribution in [-0.2, 0) is 0 Å². The topological polar surface area (TPSA) is 12.0 Å². The highest BCUT2D eigenvalue weighted by atomic mass is 14.8. The Morgan fingerprint density at radius 1 is 1.33 bits per heavy atom. The summed E-state index contributed by atoms with van der Waals surface area (Å²) in [6.07, 6.45) is 11.7. The minimum atomic E-state index is 0.797. The molecule has 0 amide bonds. The van der Waals surface area contributed by atoms with Crippen molar-refractivity contribution in [3.05, 3.63) is 12.2 Å². The third-order valence-corrected chi connectivity index (χ3v) is 2.51. The van der Waals surface area contributed by atoms with Crippen molar-refractivity contribution in [2.75, 3.05) is 13.1 Å². The molecule has 0 aliphatic heterocycles. The smallest absolute Gasteiger partial charge is 0.00140 e. The molecular formula is C11H21N. The molecule has 12 heavy (non-hydrogen) atoms. The van der Waals surface area contributed by atoms with Gasteiger partial charge in [0.1, 0.15) is 0 Å². The molecule has 1 unspecified atom stereocenters. The van der Waals surface area contributed by atoms with Crippen molar-refractivity contribution in [1.82, 2.24) is 5.32 Å². The van der Waals surface area contributed by atoms with Crippen LogP contribution >= 0.6 is 0 Å². The standard InChI is InChI=1S/C11H21N/c1-2-12-10-11-8-6-4-3-5-7-9-11/h6,8,11-12H,2-5,7,9-10H2,1H3/b8-6-. The Kier molecular flexibility index (Phi) is 5.09. The van der Waals surface area contributed by atoms with Crippen LogP contribution in [0.5, 0.6) is 0 Å². The fourth-order valence-corrected chi connectivity index (χ4v) is 1.73. The van der Waals surface area contributed by atoms with E-state index < -0.39 is 0 Å². The Bertz CT molecular complexity index is 129. The lowest BCUT2D eigenvalue weighted by Crippen LogP contribution is -2.21. The van der Waals surface area contributed by atoms with Crippen LogP contribution in [-0.4, -0.2) is 13.1 Å². The fourth-order valence-electron chi connectivity index (χ4n) is 1.73. The highest BCUT2D eigenvalue weighted by Gasteiger charge is 2.05. The van der Waals surface area contributed by atoms with Crippen molar-refractivity contribution >= 4 is 0 Å². The Morgan fingerprint density at radius 3 is 3.08 bits per heavy atom. The second kappa shape index (κ2) is 6.24. The minimum absolute atomic E-state index is 0.797. The molecule has 0 aromatic carbocycles. The molecule has 1 nitrogen and oxygen atoms in total. The first-order valence-electron chi connectivity index (χ1n) is 5.31. The average molecular weight is 167 g/mol. The maximum Gasteiger partial charge on any atom is 0.00140 e. The molecule has 1 aliphatic rings. The van der Waals surface area contributed by atoms with Crippen LogP contribution in [0.4, 0.5) is 0 Å². The zero-order chi connectivity index (χ0) is 8.65. The van der Waals surface area contributed by atoms with E-state index in [0.29, 0.717) is 0 Å². The van der Waals surface area contributed by atoms with E-state index in [2.05, 4.69) is 24.4 Å². The summed E-state index contributed by atoms with van der Waals surface area (Å²) in [5.74, 6) is 0.797. The first-order valence-corrected chi connectivity index (χ1v) is 5.31. The van der Waals surface area contributed by atoms with E-state index in [-0.39, 0.29) is 0 Å². The second-order valence-electron chi connectivity index (χ2n) is 3.63. The molecule has 0 bridgehead atoms. The maximum atomic E-state index is 3.41. The Hall–Kier alpha value is -0.300. The monoisotopic (exact) mass is 167 g/mol. The number of rotatable bonds is 3. The quantitative estimate of drug-likeness (QED) is 0.637. The van der Waals surface area contributed by atoms with Crippen molar-refractivity contribution in [3.63, 3.8) is 0 Å². The number of allylic oxidation sites excluding steroid dienone is 1. The van der Waals surface area contributed by atoms with Gasteiger partial charge in [-0.3, -0.25) is 0 Å². The van der Waals surface area contributed by atoms with E-state index in [1.54, 1.807) is 0 Å². The molecule has 0 spiro atoms. The van der Waals surface area contributed by atoms with Crippen LogP contribution in [0.25, 0.3) is 0 Å². The van der Waals surface area contributed by atoms with Gasteiger partial charge in [0.2, 0.25) is 0 Å². The van der Waals surface area contributed by atoms with Gasteiger partial charge in [0.05, 0.1) is 0 Å². The van der Waals surface area contributed by atoms with Crippen LogP contribution in [0.1, 0.15) is 39.0 Å². The summed E-state index contributed by atoms with van der Waals surface area (Å²) in [5, 5.41) is 3.41. The van der Waals surface area contributed by atoms with Crippen molar-refractivity contribution in [2.24, 2.45) is 5.92 Å². The summed E-state index contributed by atoms with van der Waals surface area (Å²) in [7, 11) is 0. The molecule has 0 saturated heterocycles. The molecule has 0 radical (unpaired) electrons. The third kappa shape index (κ3) is 3.91. The van der Waals surface area contributed by atoms with Crippen molar-refractivity contribution < 1.29 is 0 Å². The van der Waals surface area contributed by atoms with E-state index in [9.17, 15) is 0 Å². The molecule has 0 fully saturated rings. The summed E-state index contributed by atoms with van der Waals surface area (Å²) < 4.78 is 0. The van der Waals surface area contributed by atoms with E-state index >= 15 is 0 Å². The first-order chi connectivity index (χ1) is 5.93. The van der Waals surface area contributed by atoms with Gasteiger partial charge in [-0.05, 0) is 31.7 Å². The van der Waals surface area contributed by atoms with E-state index in [1.807, 2.05) is 0 Å². The number of nitrogens with one attached hydrogen (secondary N) is 1. The third-order valence-electron chi connectivity index (χ3n) is 2.51. The molecule has 1 rings (SSSR count). The predicted octanol–water partition coefficient (Wildman–Crippen LogP) is 2.73. The van der Waals surface area contributed by atoms with Gasteiger partial charge in [0.25, 0.3) is 0 Å². The van der Waals surface area contributed by atoms with Gasteiger partial charge in [-0.1, -0.05) is 31.9 Å². The highest BCUT2D eigenvalue weighted by molar-refractivity contribution is 4.90. The Labute approximate surface area is 76.2 Å². The van der Waals surface area contributed by atoms with Crippen molar-refractivity contribution in [3.8, 4) is 0 Å². The van der Waals surface area contributed by atoms with Crippen LogP contribution in [0.2, 0.25) is 0 Å². The first kappa shape index (κ1) is 9.79. The fraction of sp³-hybridized carbons (Fsp3) is 0.818. The summed E-state index contributed by atoms with van der Waals surface area (Å²) in [6, 6.07) is 0. The predicted molar refractivity (Wildman–Crippen MR) is 54.3 cm³/mol. The Balaban J connectivity index is 2.23. The van der Waals surface area contributed by atoms with E-state index in [1.165, 1.54) is 38.6 Å². The molecule has 0 heterocycles. The summed E-state index contributed by atoms with van der Waals surface area (Å²) in [5.41, 5.74) is 0. The second-order valence-corrected chi connectivity index (χ2v) is 3.63. The van der Waals surface area contributed by atoms with Crippen LogP contribution in [0.15, 0.2) is 12.2 Å². The van der Waals surface area contributed by atoms with Gasteiger partial charge in [-0.2, -0.15) is 0 Å². The largest absolute Gasteiger partial charge is 0.316 e. The van der Waals surface area contributed by atoms with Gasteiger partial charge in [0, 0.05) is 6.54 Å². The molecule has 1 aliphatic carbocycles. The summed E-state index contributed by atoms with van der Waals surface area (Å²) >= 11 is 0. The SMILES string of the molecule is CCNCC1/C=C\CCCCC1. The molecule has 1 atom stereocenters. The van der Waals surface area contributed by atoms with Gasteiger partial charge >= 0.3 is 0 Å². The molecule has 0 aromatic heterocycles. The molecular weight excluding hydrogens is 146 g/mol. The van der Waals surface area contributed by atoms with E-state index in [4.69, 9.17) is 0 Å². The molecule has 0 aromatic rings. The molecule has 0 saturated carbocycles. The van der Waals surface area contributed by atoms with Gasteiger partial charge in [0.15, 0.2) is 0 Å².